The molecule has 1 unspecified atom stereocenters. The van der Waals surface area contributed by atoms with Crippen molar-refractivity contribution in [2.75, 3.05) is 25.0 Å². The van der Waals surface area contributed by atoms with Gasteiger partial charge in [0.1, 0.15) is 11.2 Å². The molecule has 0 bridgehead atoms. The number of nitrogens with zero attached hydrogens (tertiary/aromatic N) is 5. The molecular formula is C23H33N7O4. The number of aromatic nitrogens is 5. The van der Waals surface area contributed by atoms with Crippen molar-refractivity contribution in [2.45, 2.75) is 46.3 Å². The molecule has 1 amide bonds. The highest BCUT2D eigenvalue weighted by molar-refractivity contribution is 5.86. The van der Waals surface area contributed by atoms with Gasteiger partial charge in [-0.2, -0.15) is 15.1 Å². The highest BCUT2D eigenvalue weighted by Gasteiger charge is 2.40. The van der Waals surface area contributed by atoms with Crippen molar-refractivity contribution in [3.63, 3.8) is 0 Å². The smallest absolute Gasteiger partial charge is 0.410 e. The Morgan fingerprint density at radius 2 is 2.12 bits per heavy atom. The maximum absolute atomic E-state index is 12.6. The molecule has 0 saturated carbocycles. The van der Waals surface area contributed by atoms with E-state index in [4.69, 9.17) is 9.47 Å². The quantitative estimate of drug-likeness (QED) is 0.500. The van der Waals surface area contributed by atoms with E-state index in [2.05, 4.69) is 25.4 Å². The lowest BCUT2D eigenvalue weighted by atomic mass is 9.92. The normalized spacial score (nSPS) is 19.4. The number of anilines is 2. The third-order valence-corrected chi connectivity index (χ3v) is 5.85. The van der Waals surface area contributed by atoms with Gasteiger partial charge >= 0.3 is 6.09 Å². The maximum atomic E-state index is 12.6. The Kier molecular flexibility index (Phi) is 6.39. The molecule has 3 aromatic heterocycles. The first-order valence-corrected chi connectivity index (χ1v) is 11.4. The summed E-state index contributed by atoms with van der Waals surface area (Å²) in [5.74, 6) is 0.609. The van der Waals surface area contributed by atoms with E-state index in [-0.39, 0.29) is 24.5 Å². The molecule has 1 aliphatic rings. The van der Waals surface area contributed by atoms with Gasteiger partial charge in [0.15, 0.2) is 0 Å². The summed E-state index contributed by atoms with van der Waals surface area (Å²) in [6.45, 7) is 10.4. The minimum Gasteiger partial charge on any atom is -0.477 e. The third kappa shape index (κ3) is 5.24. The number of aryl methyl sites for hydroxylation is 2. The van der Waals surface area contributed by atoms with Gasteiger partial charge in [0.25, 0.3) is 0 Å². The molecule has 0 radical (unpaired) electrons. The second-order valence-electron chi connectivity index (χ2n) is 9.94. The fourth-order valence-corrected chi connectivity index (χ4v) is 4.20. The number of H-pyrrole nitrogens is 1. The van der Waals surface area contributed by atoms with Crippen LogP contribution in [0.3, 0.4) is 0 Å². The number of hydrogen-bond donors (Lipinski definition) is 3. The summed E-state index contributed by atoms with van der Waals surface area (Å²) < 4.78 is 13.4. The van der Waals surface area contributed by atoms with Crippen LogP contribution in [-0.2, 0) is 11.8 Å². The van der Waals surface area contributed by atoms with E-state index < -0.39 is 11.7 Å². The molecule has 11 heteroatoms. The number of amides is 1. The van der Waals surface area contributed by atoms with Crippen LogP contribution in [0.2, 0.25) is 0 Å². The van der Waals surface area contributed by atoms with Crippen LogP contribution in [0.15, 0.2) is 18.6 Å². The van der Waals surface area contributed by atoms with Crippen LogP contribution >= 0.6 is 0 Å². The van der Waals surface area contributed by atoms with Crippen molar-refractivity contribution in [3.8, 4) is 5.88 Å². The summed E-state index contributed by atoms with van der Waals surface area (Å²) >= 11 is 0. The molecule has 34 heavy (non-hydrogen) atoms. The van der Waals surface area contributed by atoms with Gasteiger partial charge in [-0.15, -0.1) is 0 Å². The average molecular weight is 472 g/mol. The highest BCUT2D eigenvalue weighted by atomic mass is 16.6. The van der Waals surface area contributed by atoms with Crippen molar-refractivity contribution in [1.29, 1.82) is 0 Å². The topological polar surface area (TPSA) is 130 Å². The number of likely N-dealkylation sites (tertiary alicyclic amines) is 1. The molecule has 11 nitrogen and oxygen atoms in total. The van der Waals surface area contributed by atoms with E-state index in [1.165, 1.54) is 0 Å². The van der Waals surface area contributed by atoms with Crippen LogP contribution in [0.5, 0.6) is 5.88 Å². The summed E-state index contributed by atoms with van der Waals surface area (Å²) in [6.07, 6.45) is 4.40. The summed E-state index contributed by atoms with van der Waals surface area (Å²) in [5.41, 5.74) is 1.80. The Morgan fingerprint density at radius 1 is 1.35 bits per heavy atom. The minimum absolute atomic E-state index is 0.0773. The highest BCUT2D eigenvalue weighted by Crippen LogP contribution is 2.32. The summed E-state index contributed by atoms with van der Waals surface area (Å²) in [6, 6.07) is 0. The fraction of sp³-hybridized carbons (Fsp3) is 0.565. The van der Waals surface area contributed by atoms with Gasteiger partial charge in [-0.05, 0) is 40.2 Å². The zero-order valence-electron chi connectivity index (χ0n) is 20.5. The van der Waals surface area contributed by atoms with Gasteiger partial charge in [0.2, 0.25) is 11.8 Å². The van der Waals surface area contributed by atoms with Crippen LogP contribution in [0.25, 0.3) is 11.0 Å². The van der Waals surface area contributed by atoms with E-state index in [1.54, 1.807) is 22.7 Å². The lowest BCUT2D eigenvalue weighted by molar-refractivity contribution is 0.0272. The fourth-order valence-electron chi connectivity index (χ4n) is 4.20. The molecule has 1 saturated heterocycles. The standard InChI is InChI=1S/C23H33N7O4/c1-13-7-24-19-18(13)20(28-21(27-19)26-16-8-25-29(6)10-16)33-12-15-9-30(11-17(15)14(2)31)22(32)34-23(3,4)5/h7-8,10,14-15,17,31H,9,11-12H2,1-6H3,(H2,24,26,27,28)/t14-,15+,17?/m0/s1. The molecule has 3 N–H and O–H groups in total. The van der Waals surface area contributed by atoms with Gasteiger partial charge in [-0.25, -0.2) is 4.79 Å². The molecule has 0 spiro atoms. The van der Waals surface area contributed by atoms with Crippen LogP contribution in [0.4, 0.5) is 16.4 Å². The molecule has 1 aliphatic heterocycles. The lowest BCUT2D eigenvalue weighted by Crippen LogP contribution is -2.36. The first-order valence-electron chi connectivity index (χ1n) is 11.4. The first-order chi connectivity index (χ1) is 16.0. The minimum atomic E-state index is -0.594. The number of nitrogens with one attached hydrogen (secondary N) is 2. The molecule has 3 atom stereocenters. The number of rotatable bonds is 6. The number of carbonyl (C=O) groups excluding carboxylic acids is 1. The molecule has 4 rings (SSSR count). The second kappa shape index (κ2) is 9.13. The largest absolute Gasteiger partial charge is 0.477 e. The second-order valence-corrected chi connectivity index (χ2v) is 9.94. The van der Waals surface area contributed by atoms with E-state index in [1.807, 2.05) is 47.1 Å². The summed E-state index contributed by atoms with van der Waals surface area (Å²) in [7, 11) is 1.83. The Hall–Kier alpha value is -3.34. The predicted molar refractivity (Wildman–Crippen MR) is 127 cm³/mol. The van der Waals surface area contributed by atoms with E-state index in [0.29, 0.717) is 30.6 Å². The molecule has 184 valence electrons. The van der Waals surface area contributed by atoms with Crippen LogP contribution < -0.4 is 10.1 Å². The zero-order valence-corrected chi connectivity index (χ0v) is 20.5. The number of aliphatic hydroxyl groups excluding tert-OH is 1. The van der Waals surface area contributed by atoms with Gasteiger partial charge < -0.3 is 29.8 Å². The lowest BCUT2D eigenvalue weighted by Gasteiger charge is -2.24. The SMILES string of the molecule is Cc1c[nH]c2nc(Nc3cnn(C)c3)nc(OC[C@H]3CN(C(=O)OC(C)(C)C)CC3[C@H](C)O)c12. The molecule has 3 aromatic rings. The van der Waals surface area contributed by atoms with Gasteiger partial charge in [-0.3, -0.25) is 4.68 Å². The number of fused-ring (bicyclic) bond motifs is 1. The van der Waals surface area contributed by atoms with Gasteiger partial charge in [-0.1, -0.05) is 0 Å². The predicted octanol–water partition coefficient (Wildman–Crippen LogP) is 2.99. The van der Waals surface area contributed by atoms with Gasteiger partial charge in [0.05, 0.1) is 30.0 Å². The Morgan fingerprint density at radius 3 is 2.76 bits per heavy atom. The van der Waals surface area contributed by atoms with Gasteiger partial charge in [0, 0.05) is 44.4 Å². The molecule has 4 heterocycles. The molecule has 1 fully saturated rings. The monoisotopic (exact) mass is 471 g/mol. The zero-order chi connectivity index (χ0) is 24.6. The Bertz CT molecular complexity index is 1160. The number of carbonyl (C=O) groups is 1. The maximum Gasteiger partial charge on any atom is 0.410 e. The number of hydrogen-bond acceptors (Lipinski definition) is 8. The van der Waals surface area contributed by atoms with Crippen molar-refractivity contribution in [1.82, 2.24) is 29.6 Å². The summed E-state index contributed by atoms with van der Waals surface area (Å²) in [4.78, 5) is 26.5. The van der Waals surface area contributed by atoms with Crippen molar-refractivity contribution in [3.05, 3.63) is 24.2 Å². The molecular weight excluding hydrogens is 438 g/mol. The molecule has 0 aromatic carbocycles. The van der Waals surface area contributed by atoms with Crippen LogP contribution in [-0.4, -0.2) is 72.2 Å². The van der Waals surface area contributed by atoms with Crippen molar-refractivity contribution in [2.24, 2.45) is 18.9 Å². The Balaban J connectivity index is 1.53. The molecule has 0 aliphatic carbocycles. The number of aromatic amines is 1. The first kappa shape index (κ1) is 23.8. The van der Waals surface area contributed by atoms with Crippen molar-refractivity contribution >= 4 is 28.8 Å². The van der Waals surface area contributed by atoms with E-state index in [0.717, 1.165) is 16.6 Å². The summed E-state index contributed by atoms with van der Waals surface area (Å²) in [5, 5.41) is 18.5. The Labute approximate surface area is 198 Å². The van der Waals surface area contributed by atoms with Crippen LogP contribution in [0.1, 0.15) is 33.3 Å². The third-order valence-electron chi connectivity index (χ3n) is 5.85. The van der Waals surface area contributed by atoms with E-state index >= 15 is 0 Å². The van der Waals surface area contributed by atoms with Crippen LogP contribution in [0, 0.1) is 18.8 Å². The number of ether oxygens (including phenoxy) is 2. The van der Waals surface area contributed by atoms with Crippen molar-refractivity contribution < 1.29 is 19.4 Å². The average Bonchev–Trinajstić information content (AvgIpc) is 3.44. The number of aliphatic hydroxyl groups is 1. The van der Waals surface area contributed by atoms with E-state index in [9.17, 15) is 9.90 Å².